The Morgan fingerprint density at radius 3 is 2.41 bits per heavy atom. The van der Waals surface area contributed by atoms with Crippen molar-refractivity contribution in [1.82, 2.24) is 9.97 Å². The molecule has 0 saturated heterocycles. The molecular weight excluding hydrogens is 414 g/mol. The van der Waals surface area contributed by atoms with E-state index in [0.29, 0.717) is 18.5 Å². The van der Waals surface area contributed by atoms with Crippen LogP contribution in [-0.4, -0.2) is 9.97 Å². The first-order valence-corrected chi connectivity index (χ1v) is 11.7. The van der Waals surface area contributed by atoms with E-state index in [2.05, 4.69) is 97.1 Å². The maximum Gasteiger partial charge on any atom is 0.295 e. The summed E-state index contributed by atoms with van der Waals surface area (Å²) in [5.74, 6) is 0.469. The molecule has 32 heavy (non-hydrogen) atoms. The molecular formula is C27H25N3OS. The Kier molecular flexibility index (Phi) is 5.50. The van der Waals surface area contributed by atoms with E-state index in [9.17, 15) is 0 Å². The van der Waals surface area contributed by atoms with Crippen LogP contribution in [0.4, 0.5) is 6.01 Å². The fraction of sp³-hybridized carbons (Fsp3) is 0.185. The molecule has 4 nitrogen and oxygen atoms in total. The summed E-state index contributed by atoms with van der Waals surface area (Å²) in [4.78, 5) is 9.41. The molecule has 2 aromatic heterocycles. The van der Waals surface area contributed by atoms with Crippen molar-refractivity contribution in [2.45, 2.75) is 33.2 Å². The van der Waals surface area contributed by atoms with Crippen LogP contribution in [0, 0.1) is 6.92 Å². The van der Waals surface area contributed by atoms with E-state index in [0.717, 1.165) is 38.5 Å². The Bertz CT molecular complexity index is 1350. The van der Waals surface area contributed by atoms with Crippen LogP contribution in [0.3, 0.4) is 0 Å². The van der Waals surface area contributed by atoms with Gasteiger partial charge in [-0.1, -0.05) is 74.0 Å². The summed E-state index contributed by atoms with van der Waals surface area (Å²) in [6.07, 6.45) is 0. The van der Waals surface area contributed by atoms with Crippen LogP contribution < -0.4 is 5.32 Å². The number of benzene rings is 3. The average Bonchev–Trinajstić information content (AvgIpc) is 3.45. The van der Waals surface area contributed by atoms with E-state index in [4.69, 9.17) is 9.40 Å². The topological polar surface area (TPSA) is 51.0 Å². The predicted octanol–water partition coefficient (Wildman–Crippen LogP) is 7.66. The van der Waals surface area contributed by atoms with Gasteiger partial charge >= 0.3 is 0 Å². The summed E-state index contributed by atoms with van der Waals surface area (Å²) in [5.41, 5.74) is 8.68. The smallest absolute Gasteiger partial charge is 0.295 e. The number of fused-ring (bicyclic) bond motifs is 1. The second-order valence-corrected chi connectivity index (χ2v) is 9.21. The first-order valence-electron chi connectivity index (χ1n) is 10.8. The highest BCUT2D eigenvalue weighted by molar-refractivity contribution is 7.13. The van der Waals surface area contributed by atoms with Crippen LogP contribution in [-0.2, 0) is 6.54 Å². The van der Waals surface area contributed by atoms with Crippen molar-refractivity contribution in [2.24, 2.45) is 0 Å². The summed E-state index contributed by atoms with van der Waals surface area (Å²) in [5, 5.41) is 6.44. The lowest BCUT2D eigenvalue weighted by atomic mass is 10.0. The Labute approximate surface area is 192 Å². The number of oxazole rings is 1. The molecule has 1 N–H and O–H groups in total. The molecule has 160 valence electrons. The van der Waals surface area contributed by atoms with Gasteiger partial charge in [-0.2, -0.15) is 4.98 Å². The predicted molar refractivity (Wildman–Crippen MR) is 133 cm³/mol. The summed E-state index contributed by atoms with van der Waals surface area (Å²) in [7, 11) is 0. The zero-order chi connectivity index (χ0) is 22.1. The average molecular weight is 440 g/mol. The van der Waals surface area contributed by atoms with Crippen LogP contribution in [0.1, 0.15) is 36.5 Å². The SMILES string of the molecule is Cc1ccc(-c2csc(-c3ccc(CNc4nc5cc(C(C)C)ccc5o4)cc3)n2)cc1. The minimum atomic E-state index is 0.469. The molecule has 5 rings (SSSR count). The molecule has 0 unspecified atom stereocenters. The Hall–Kier alpha value is -3.44. The number of rotatable bonds is 6. The standard InChI is InChI=1S/C27H25N3OS/c1-17(2)22-12-13-25-23(14-22)30-27(31-25)28-15-19-6-10-21(11-7-19)26-29-24(16-32-26)20-8-4-18(3)5-9-20/h4-14,16-17H,15H2,1-3H3,(H,28,30). The molecule has 5 aromatic rings. The molecule has 0 bridgehead atoms. The maximum atomic E-state index is 5.84. The van der Waals surface area contributed by atoms with Crippen LogP contribution in [0.25, 0.3) is 32.9 Å². The first-order chi connectivity index (χ1) is 15.5. The Morgan fingerprint density at radius 1 is 0.906 bits per heavy atom. The lowest BCUT2D eigenvalue weighted by Gasteiger charge is -2.03. The van der Waals surface area contributed by atoms with Gasteiger partial charge in [-0.25, -0.2) is 4.98 Å². The van der Waals surface area contributed by atoms with Crippen LogP contribution >= 0.6 is 11.3 Å². The molecule has 0 saturated carbocycles. The number of aryl methyl sites for hydroxylation is 1. The van der Waals surface area contributed by atoms with Gasteiger partial charge < -0.3 is 9.73 Å². The minimum absolute atomic E-state index is 0.469. The van der Waals surface area contributed by atoms with Crippen LogP contribution in [0.5, 0.6) is 0 Å². The number of aromatic nitrogens is 2. The third-order valence-corrected chi connectivity index (χ3v) is 6.47. The summed E-state index contributed by atoms with van der Waals surface area (Å²) in [6, 6.07) is 23.7. The number of hydrogen-bond donors (Lipinski definition) is 1. The number of nitrogens with one attached hydrogen (secondary N) is 1. The lowest BCUT2D eigenvalue weighted by Crippen LogP contribution is -1.99. The molecule has 0 fully saturated rings. The van der Waals surface area contributed by atoms with Crippen molar-refractivity contribution < 1.29 is 4.42 Å². The van der Waals surface area contributed by atoms with Crippen molar-refractivity contribution in [3.05, 3.63) is 88.8 Å². The van der Waals surface area contributed by atoms with Crippen molar-refractivity contribution in [2.75, 3.05) is 5.32 Å². The number of thiazole rings is 1. The van der Waals surface area contributed by atoms with Gasteiger partial charge in [0.15, 0.2) is 5.58 Å². The van der Waals surface area contributed by atoms with Gasteiger partial charge in [0.2, 0.25) is 0 Å². The van der Waals surface area contributed by atoms with E-state index in [-0.39, 0.29) is 0 Å². The summed E-state index contributed by atoms with van der Waals surface area (Å²) in [6.45, 7) is 7.11. The molecule has 0 amide bonds. The van der Waals surface area contributed by atoms with Gasteiger partial charge in [0.1, 0.15) is 10.5 Å². The van der Waals surface area contributed by atoms with E-state index in [1.54, 1.807) is 11.3 Å². The lowest BCUT2D eigenvalue weighted by molar-refractivity contribution is 0.614. The van der Waals surface area contributed by atoms with Crippen LogP contribution in [0.2, 0.25) is 0 Å². The van der Waals surface area contributed by atoms with Gasteiger partial charge in [-0.15, -0.1) is 11.3 Å². The van der Waals surface area contributed by atoms with Gasteiger partial charge in [0, 0.05) is 23.1 Å². The Morgan fingerprint density at radius 2 is 1.66 bits per heavy atom. The molecule has 0 spiro atoms. The molecule has 2 heterocycles. The third-order valence-electron chi connectivity index (χ3n) is 5.57. The van der Waals surface area contributed by atoms with E-state index in [1.165, 1.54) is 11.1 Å². The van der Waals surface area contributed by atoms with E-state index < -0.39 is 0 Å². The molecule has 0 aliphatic heterocycles. The van der Waals surface area contributed by atoms with E-state index >= 15 is 0 Å². The normalized spacial score (nSPS) is 11.4. The van der Waals surface area contributed by atoms with Crippen molar-refractivity contribution in [1.29, 1.82) is 0 Å². The fourth-order valence-electron chi connectivity index (χ4n) is 3.59. The van der Waals surface area contributed by atoms with Crippen molar-refractivity contribution >= 4 is 28.5 Å². The molecule has 0 aliphatic rings. The van der Waals surface area contributed by atoms with Crippen molar-refractivity contribution in [3.8, 4) is 21.8 Å². The van der Waals surface area contributed by atoms with Gasteiger partial charge in [-0.05, 0) is 36.1 Å². The molecule has 3 aromatic carbocycles. The maximum absolute atomic E-state index is 5.84. The largest absolute Gasteiger partial charge is 0.424 e. The third kappa shape index (κ3) is 4.30. The summed E-state index contributed by atoms with van der Waals surface area (Å²) >= 11 is 1.67. The highest BCUT2D eigenvalue weighted by atomic mass is 32.1. The zero-order valence-electron chi connectivity index (χ0n) is 18.4. The zero-order valence-corrected chi connectivity index (χ0v) is 19.2. The molecule has 5 heteroatoms. The monoisotopic (exact) mass is 439 g/mol. The van der Waals surface area contributed by atoms with Gasteiger partial charge in [0.05, 0.1) is 5.69 Å². The summed E-state index contributed by atoms with van der Waals surface area (Å²) < 4.78 is 5.84. The number of hydrogen-bond acceptors (Lipinski definition) is 5. The fourth-order valence-corrected chi connectivity index (χ4v) is 4.42. The minimum Gasteiger partial charge on any atom is -0.424 e. The van der Waals surface area contributed by atoms with Gasteiger partial charge in [-0.3, -0.25) is 0 Å². The number of nitrogens with zero attached hydrogens (tertiary/aromatic N) is 2. The second-order valence-electron chi connectivity index (χ2n) is 8.36. The molecule has 0 aliphatic carbocycles. The first kappa shape index (κ1) is 20.5. The van der Waals surface area contributed by atoms with E-state index in [1.807, 2.05) is 6.07 Å². The number of anilines is 1. The Balaban J connectivity index is 1.26. The van der Waals surface area contributed by atoms with Crippen molar-refractivity contribution in [3.63, 3.8) is 0 Å². The second kappa shape index (κ2) is 8.60. The highest BCUT2D eigenvalue weighted by Gasteiger charge is 2.09. The van der Waals surface area contributed by atoms with Crippen LogP contribution in [0.15, 0.2) is 76.5 Å². The van der Waals surface area contributed by atoms with Gasteiger partial charge in [0.25, 0.3) is 6.01 Å². The highest BCUT2D eigenvalue weighted by Crippen LogP contribution is 2.29. The molecule has 0 atom stereocenters. The molecule has 0 radical (unpaired) electrons. The quantitative estimate of drug-likeness (QED) is 0.295.